The first-order chi connectivity index (χ1) is 6.05. The lowest BCUT2D eigenvalue weighted by atomic mass is 10.1. The van der Waals surface area contributed by atoms with Crippen LogP contribution in [-0.4, -0.2) is 0 Å². The van der Waals surface area contributed by atoms with Gasteiger partial charge in [-0.3, -0.25) is 0 Å². The first-order valence-electron chi connectivity index (χ1n) is 3.81. The molecule has 0 spiro atoms. The lowest BCUT2D eigenvalue weighted by Gasteiger charge is -2.15. The summed E-state index contributed by atoms with van der Waals surface area (Å²) in [7, 11) is 0. The number of hydrogen-bond acceptors (Lipinski definition) is 0. The van der Waals surface area contributed by atoms with E-state index in [1.165, 1.54) is 0 Å². The van der Waals surface area contributed by atoms with Crippen LogP contribution in [0.25, 0.3) is 0 Å². The van der Waals surface area contributed by atoms with E-state index in [1.54, 1.807) is 6.08 Å². The van der Waals surface area contributed by atoms with Crippen molar-refractivity contribution in [2.75, 3.05) is 0 Å². The highest BCUT2D eigenvalue weighted by atomic mass is 35.6. The van der Waals surface area contributed by atoms with Crippen LogP contribution in [0.1, 0.15) is 11.1 Å². The molecule has 13 heavy (non-hydrogen) atoms. The summed E-state index contributed by atoms with van der Waals surface area (Å²) in [6.45, 7) is 3.65. The van der Waals surface area contributed by atoms with Crippen molar-refractivity contribution in [3.05, 3.63) is 48.0 Å². The Labute approximate surface area is 93.1 Å². The fourth-order valence-electron chi connectivity index (χ4n) is 1.13. The Hall–Kier alpha value is -0.170. The largest absolute Gasteiger partial charge is 0.216 e. The molecule has 0 unspecified atom stereocenters. The molecule has 70 valence electrons. The van der Waals surface area contributed by atoms with E-state index in [1.807, 2.05) is 24.3 Å². The van der Waals surface area contributed by atoms with E-state index in [2.05, 4.69) is 6.58 Å². The molecule has 0 saturated carbocycles. The van der Waals surface area contributed by atoms with Crippen LogP contribution >= 0.6 is 34.8 Å². The van der Waals surface area contributed by atoms with Gasteiger partial charge in [0, 0.05) is 5.56 Å². The molecule has 0 bridgehead atoms. The molecular formula is C10H9Cl3. The summed E-state index contributed by atoms with van der Waals surface area (Å²) >= 11 is 17.4. The molecule has 1 aromatic rings. The number of hydrogen-bond donors (Lipinski definition) is 0. The number of alkyl halides is 3. The van der Waals surface area contributed by atoms with Crippen LogP contribution in [0, 0.1) is 0 Å². The summed E-state index contributed by atoms with van der Waals surface area (Å²) in [6, 6.07) is 7.51. The van der Waals surface area contributed by atoms with Gasteiger partial charge in [0.25, 0.3) is 0 Å². The molecule has 0 saturated heterocycles. The van der Waals surface area contributed by atoms with Gasteiger partial charge in [-0.2, -0.15) is 0 Å². The highest BCUT2D eigenvalue weighted by Gasteiger charge is 2.24. The van der Waals surface area contributed by atoms with Crippen LogP contribution in [0.5, 0.6) is 0 Å². The quantitative estimate of drug-likeness (QED) is 0.531. The Morgan fingerprint density at radius 1 is 1.23 bits per heavy atom. The second-order valence-electron chi connectivity index (χ2n) is 2.65. The third-order valence-corrected chi connectivity index (χ3v) is 2.30. The first kappa shape index (κ1) is 10.9. The van der Waals surface area contributed by atoms with Crippen LogP contribution < -0.4 is 0 Å². The molecule has 0 amide bonds. The smallest absolute Gasteiger partial charge is 0.103 e. The Balaban J connectivity index is 3.11. The molecule has 1 aromatic carbocycles. The second-order valence-corrected chi connectivity index (χ2v) is 4.93. The molecule has 1 rings (SSSR count). The highest BCUT2D eigenvalue weighted by molar-refractivity contribution is 6.66. The molecule has 0 aliphatic rings. The van der Waals surface area contributed by atoms with Crippen molar-refractivity contribution in [1.29, 1.82) is 0 Å². The molecule has 0 aliphatic heterocycles. The van der Waals surface area contributed by atoms with Crippen LogP contribution in [0.4, 0.5) is 0 Å². The average Bonchev–Trinajstić information content (AvgIpc) is 2.04. The van der Waals surface area contributed by atoms with Crippen molar-refractivity contribution in [3.8, 4) is 0 Å². The maximum absolute atomic E-state index is 5.80. The van der Waals surface area contributed by atoms with Crippen molar-refractivity contribution in [3.63, 3.8) is 0 Å². The van der Waals surface area contributed by atoms with Gasteiger partial charge in [-0.05, 0) is 12.0 Å². The van der Waals surface area contributed by atoms with Crippen molar-refractivity contribution >= 4 is 34.8 Å². The van der Waals surface area contributed by atoms with Gasteiger partial charge in [0.15, 0.2) is 0 Å². The minimum absolute atomic E-state index is 0.712. The normalized spacial score (nSPS) is 11.3. The van der Waals surface area contributed by atoms with Crippen LogP contribution in [0.15, 0.2) is 36.9 Å². The number of benzene rings is 1. The van der Waals surface area contributed by atoms with Crippen molar-refractivity contribution < 1.29 is 0 Å². The zero-order valence-electron chi connectivity index (χ0n) is 6.93. The molecule has 0 aliphatic carbocycles. The van der Waals surface area contributed by atoms with Gasteiger partial charge in [0.05, 0.1) is 0 Å². The average molecular weight is 236 g/mol. The summed E-state index contributed by atoms with van der Waals surface area (Å²) in [5.74, 6) is 0. The fraction of sp³-hybridized carbons (Fsp3) is 0.200. The molecule has 0 radical (unpaired) electrons. The lowest BCUT2D eigenvalue weighted by molar-refractivity contribution is 1.13. The number of allylic oxidation sites excluding steroid dienone is 1. The minimum Gasteiger partial charge on any atom is -0.103 e. The number of halogens is 3. The topological polar surface area (TPSA) is 0 Å². The van der Waals surface area contributed by atoms with E-state index in [9.17, 15) is 0 Å². The van der Waals surface area contributed by atoms with E-state index in [0.717, 1.165) is 11.1 Å². The first-order valence-corrected chi connectivity index (χ1v) is 4.95. The highest BCUT2D eigenvalue weighted by Crippen LogP contribution is 2.39. The number of rotatable bonds is 2. The predicted molar refractivity (Wildman–Crippen MR) is 59.6 cm³/mol. The Morgan fingerprint density at radius 2 is 1.85 bits per heavy atom. The van der Waals surface area contributed by atoms with E-state index < -0.39 is 3.79 Å². The van der Waals surface area contributed by atoms with Crippen LogP contribution in [-0.2, 0) is 10.2 Å². The lowest BCUT2D eigenvalue weighted by Crippen LogP contribution is -2.04. The SMILES string of the molecule is C=CCc1ccccc1C(Cl)(Cl)Cl. The van der Waals surface area contributed by atoms with Crippen LogP contribution in [0.3, 0.4) is 0 Å². The Kier molecular flexibility index (Phi) is 3.66. The molecule has 0 nitrogen and oxygen atoms in total. The summed E-state index contributed by atoms with van der Waals surface area (Å²) in [5, 5.41) is 0. The Bertz CT molecular complexity index is 299. The monoisotopic (exact) mass is 234 g/mol. The summed E-state index contributed by atoms with van der Waals surface area (Å²) < 4.78 is -1.35. The van der Waals surface area contributed by atoms with Gasteiger partial charge < -0.3 is 0 Å². The van der Waals surface area contributed by atoms with Gasteiger partial charge in [-0.1, -0.05) is 65.1 Å². The van der Waals surface area contributed by atoms with Crippen LogP contribution in [0.2, 0.25) is 0 Å². The van der Waals surface area contributed by atoms with Crippen molar-refractivity contribution in [2.24, 2.45) is 0 Å². The van der Waals surface area contributed by atoms with Crippen molar-refractivity contribution in [1.82, 2.24) is 0 Å². The predicted octanol–water partition coefficient (Wildman–Crippen LogP) is 4.24. The molecule has 0 atom stereocenters. The van der Waals surface area contributed by atoms with Gasteiger partial charge in [-0.25, -0.2) is 0 Å². The standard InChI is InChI=1S/C10H9Cl3/c1-2-5-8-6-3-4-7-9(8)10(11,12)13/h2-4,6-7H,1,5H2. The van der Waals surface area contributed by atoms with Gasteiger partial charge in [0.2, 0.25) is 3.79 Å². The van der Waals surface area contributed by atoms with Gasteiger partial charge >= 0.3 is 0 Å². The van der Waals surface area contributed by atoms with Gasteiger partial charge in [-0.15, -0.1) is 6.58 Å². The molecule has 0 heterocycles. The Morgan fingerprint density at radius 3 is 2.38 bits per heavy atom. The molecule has 0 aromatic heterocycles. The zero-order valence-corrected chi connectivity index (χ0v) is 9.20. The molecule has 0 fully saturated rings. The third kappa shape index (κ3) is 2.91. The fourth-order valence-corrected chi connectivity index (χ4v) is 1.68. The maximum atomic E-state index is 5.80. The second kappa shape index (κ2) is 4.36. The molecule has 0 N–H and O–H groups in total. The van der Waals surface area contributed by atoms with E-state index in [0.29, 0.717) is 6.42 Å². The van der Waals surface area contributed by atoms with E-state index >= 15 is 0 Å². The van der Waals surface area contributed by atoms with E-state index in [4.69, 9.17) is 34.8 Å². The van der Waals surface area contributed by atoms with Gasteiger partial charge in [0.1, 0.15) is 0 Å². The molecule has 3 heteroatoms. The maximum Gasteiger partial charge on any atom is 0.216 e. The summed E-state index contributed by atoms with van der Waals surface area (Å²) in [4.78, 5) is 0. The zero-order chi connectivity index (χ0) is 9.90. The van der Waals surface area contributed by atoms with Crippen molar-refractivity contribution in [2.45, 2.75) is 10.2 Å². The minimum atomic E-state index is -1.35. The molecular weight excluding hydrogens is 226 g/mol. The van der Waals surface area contributed by atoms with E-state index in [-0.39, 0.29) is 0 Å². The summed E-state index contributed by atoms with van der Waals surface area (Å²) in [6.07, 6.45) is 2.50. The summed E-state index contributed by atoms with van der Waals surface area (Å²) in [5.41, 5.74) is 1.72. The third-order valence-electron chi connectivity index (χ3n) is 1.69.